The highest BCUT2D eigenvalue weighted by Crippen LogP contribution is 2.27. The minimum Gasteiger partial charge on any atom is -0.493 e. The van der Waals surface area contributed by atoms with Gasteiger partial charge in [-0.1, -0.05) is 31.8 Å². The predicted molar refractivity (Wildman–Crippen MR) is 110 cm³/mol. The van der Waals surface area contributed by atoms with Gasteiger partial charge in [-0.05, 0) is 24.1 Å². The van der Waals surface area contributed by atoms with Crippen LogP contribution in [-0.2, 0) is 6.54 Å². The summed E-state index contributed by atoms with van der Waals surface area (Å²) in [7, 11) is 3.38. The minimum absolute atomic E-state index is 0. The summed E-state index contributed by atoms with van der Waals surface area (Å²) in [6, 6.07) is 5.78. The van der Waals surface area contributed by atoms with Gasteiger partial charge in [-0.3, -0.25) is 4.99 Å². The normalized spacial score (nSPS) is 10.3. The number of unbranched alkanes of at least 4 members (excludes halogenated alkanes) is 2. The number of nitrogens with one attached hydrogen (secondary N) is 2. The second-order valence-corrected chi connectivity index (χ2v) is 5.04. The van der Waals surface area contributed by atoms with Gasteiger partial charge in [0, 0.05) is 20.1 Å². The summed E-state index contributed by atoms with van der Waals surface area (Å²) < 4.78 is 10.8. The van der Waals surface area contributed by atoms with Crippen LogP contribution in [-0.4, -0.2) is 33.3 Å². The zero-order chi connectivity index (χ0) is 16.9. The molecule has 0 unspecified atom stereocenters. The van der Waals surface area contributed by atoms with E-state index in [0.29, 0.717) is 18.0 Å². The zero-order valence-electron chi connectivity index (χ0n) is 14.7. The third kappa shape index (κ3) is 8.29. The van der Waals surface area contributed by atoms with Crippen molar-refractivity contribution in [2.45, 2.75) is 32.7 Å². The highest BCUT2D eigenvalue weighted by atomic mass is 127. The molecule has 5 nitrogen and oxygen atoms in total. The van der Waals surface area contributed by atoms with E-state index in [4.69, 9.17) is 15.9 Å². The summed E-state index contributed by atoms with van der Waals surface area (Å²) in [5.74, 6) is 4.57. The number of terminal acetylenes is 1. The lowest BCUT2D eigenvalue weighted by molar-refractivity contribution is 0.330. The summed E-state index contributed by atoms with van der Waals surface area (Å²) >= 11 is 0. The average Bonchev–Trinajstić information content (AvgIpc) is 2.59. The molecule has 0 fully saturated rings. The molecule has 6 heteroatoms. The summed E-state index contributed by atoms with van der Waals surface area (Å²) in [6.07, 6.45) is 8.81. The molecule has 0 amide bonds. The number of ether oxygens (including phenoxy) is 2. The van der Waals surface area contributed by atoms with E-state index in [2.05, 4.69) is 28.5 Å². The SMILES string of the molecule is C#CCOc1cc(CNC(=NC)NCCCCC)ccc1OC.I. The number of guanidine groups is 1. The molecule has 0 saturated heterocycles. The molecule has 0 aromatic heterocycles. The van der Waals surface area contributed by atoms with E-state index in [1.54, 1.807) is 14.2 Å². The lowest BCUT2D eigenvalue weighted by Gasteiger charge is -2.14. The molecule has 2 N–H and O–H groups in total. The Balaban J connectivity index is 0.00000529. The Labute approximate surface area is 162 Å². The average molecular weight is 445 g/mol. The fraction of sp³-hybridized carbons (Fsp3) is 0.500. The van der Waals surface area contributed by atoms with Gasteiger partial charge in [-0.15, -0.1) is 30.4 Å². The van der Waals surface area contributed by atoms with E-state index in [-0.39, 0.29) is 30.6 Å². The van der Waals surface area contributed by atoms with Crippen molar-refractivity contribution in [2.75, 3.05) is 27.3 Å². The number of methoxy groups -OCH3 is 1. The molecule has 0 bridgehead atoms. The van der Waals surface area contributed by atoms with Crippen LogP contribution in [0.4, 0.5) is 0 Å². The highest BCUT2D eigenvalue weighted by molar-refractivity contribution is 14.0. The second kappa shape index (κ2) is 13.8. The zero-order valence-corrected chi connectivity index (χ0v) is 17.1. The Bertz CT molecular complexity index is 542. The molecule has 0 spiro atoms. The van der Waals surface area contributed by atoms with Crippen molar-refractivity contribution in [2.24, 2.45) is 4.99 Å². The Morgan fingerprint density at radius 2 is 2.04 bits per heavy atom. The summed E-state index contributed by atoms with van der Waals surface area (Å²) in [5.41, 5.74) is 1.06. The predicted octanol–water partition coefficient (Wildman–Crippen LogP) is 3.18. The first-order chi connectivity index (χ1) is 11.2. The molecule has 134 valence electrons. The molecule has 0 heterocycles. The lowest BCUT2D eigenvalue weighted by Crippen LogP contribution is -2.37. The summed E-state index contributed by atoms with van der Waals surface area (Å²) in [5, 5.41) is 6.59. The van der Waals surface area contributed by atoms with Crippen molar-refractivity contribution in [3.63, 3.8) is 0 Å². The van der Waals surface area contributed by atoms with Crippen LogP contribution >= 0.6 is 24.0 Å². The van der Waals surface area contributed by atoms with Gasteiger partial charge in [0.25, 0.3) is 0 Å². The first-order valence-corrected chi connectivity index (χ1v) is 7.92. The minimum atomic E-state index is 0. The maximum atomic E-state index is 5.51. The lowest BCUT2D eigenvalue weighted by atomic mass is 10.2. The van der Waals surface area contributed by atoms with Gasteiger partial charge in [-0.25, -0.2) is 0 Å². The first kappa shape index (κ1) is 22.4. The Morgan fingerprint density at radius 1 is 1.25 bits per heavy atom. The van der Waals surface area contributed by atoms with E-state index >= 15 is 0 Å². The van der Waals surface area contributed by atoms with Crippen molar-refractivity contribution in [1.82, 2.24) is 10.6 Å². The Kier molecular flexibility index (Phi) is 12.9. The smallest absolute Gasteiger partial charge is 0.191 e. The van der Waals surface area contributed by atoms with Gasteiger partial charge in [0.15, 0.2) is 17.5 Å². The molecule has 0 saturated carbocycles. The standard InChI is InChI=1S/C18H27N3O2.HI/c1-5-7-8-11-20-18(19-3)21-14-15-9-10-16(22-4)17(13-15)23-12-6-2;/h2,9-10,13H,5,7-8,11-12,14H2,1,3-4H3,(H2,19,20,21);1H. The molecule has 1 rings (SSSR count). The topological polar surface area (TPSA) is 54.9 Å². The third-order valence-electron chi connectivity index (χ3n) is 3.30. The quantitative estimate of drug-likeness (QED) is 0.202. The molecule has 24 heavy (non-hydrogen) atoms. The maximum Gasteiger partial charge on any atom is 0.191 e. The van der Waals surface area contributed by atoms with Crippen molar-refractivity contribution in [3.05, 3.63) is 23.8 Å². The second-order valence-electron chi connectivity index (χ2n) is 5.04. The van der Waals surface area contributed by atoms with Crippen LogP contribution in [0.25, 0.3) is 0 Å². The summed E-state index contributed by atoms with van der Waals surface area (Å²) in [6.45, 7) is 3.97. The number of halogens is 1. The van der Waals surface area contributed by atoms with Crippen molar-refractivity contribution < 1.29 is 9.47 Å². The summed E-state index contributed by atoms with van der Waals surface area (Å²) in [4.78, 5) is 4.22. The van der Waals surface area contributed by atoms with Gasteiger partial charge < -0.3 is 20.1 Å². The largest absolute Gasteiger partial charge is 0.493 e. The monoisotopic (exact) mass is 445 g/mol. The van der Waals surface area contributed by atoms with Gasteiger partial charge in [0.1, 0.15) is 6.61 Å². The van der Waals surface area contributed by atoms with Crippen LogP contribution in [0.3, 0.4) is 0 Å². The molecule has 0 aliphatic rings. The van der Waals surface area contributed by atoms with Crippen molar-refractivity contribution in [1.29, 1.82) is 0 Å². The number of benzene rings is 1. The van der Waals surface area contributed by atoms with E-state index in [0.717, 1.165) is 24.5 Å². The molecular weight excluding hydrogens is 417 g/mol. The molecule has 0 aliphatic heterocycles. The van der Waals surface area contributed by atoms with Crippen LogP contribution in [0.5, 0.6) is 11.5 Å². The van der Waals surface area contributed by atoms with Gasteiger partial charge in [-0.2, -0.15) is 0 Å². The number of hydrogen-bond acceptors (Lipinski definition) is 3. The number of hydrogen-bond donors (Lipinski definition) is 2. The molecule has 1 aromatic carbocycles. The maximum absolute atomic E-state index is 5.51. The number of rotatable bonds is 9. The molecular formula is C18H28IN3O2. The highest BCUT2D eigenvalue weighted by Gasteiger charge is 2.06. The molecule has 0 radical (unpaired) electrons. The number of nitrogens with zero attached hydrogens (tertiary/aromatic N) is 1. The van der Waals surface area contributed by atoms with Gasteiger partial charge in [0.2, 0.25) is 0 Å². The van der Waals surface area contributed by atoms with Crippen LogP contribution in [0.15, 0.2) is 23.2 Å². The first-order valence-electron chi connectivity index (χ1n) is 7.92. The third-order valence-corrected chi connectivity index (χ3v) is 3.30. The van der Waals surface area contributed by atoms with E-state index in [9.17, 15) is 0 Å². The fourth-order valence-electron chi connectivity index (χ4n) is 2.05. The number of aliphatic imine (C=N–C) groups is 1. The van der Waals surface area contributed by atoms with Gasteiger partial charge >= 0.3 is 0 Å². The van der Waals surface area contributed by atoms with Crippen LogP contribution in [0.2, 0.25) is 0 Å². The Morgan fingerprint density at radius 3 is 2.67 bits per heavy atom. The van der Waals surface area contributed by atoms with Crippen LogP contribution in [0.1, 0.15) is 31.7 Å². The van der Waals surface area contributed by atoms with Gasteiger partial charge in [0.05, 0.1) is 7.11 Å². The van der Waals surface area contributed by atoms with E-state index in [1.807, 2.05) is 18.2 Å². The van der Waals surface area contributed by atoms with E-state index < -0.39 is 0 Å². The molecule has 1 aromatic rings. The Hall–Kier alpha value is -1.62. The van der Waals surface area contributed by atoms with E-state index in [1.165, 1.54) is 12.8 Å². The van der Waals surface area contributed by atoms with Crippen LogP contribution in [0, 0.1) is 12.3 Å². The van der Waals surface area contributed by atoms with Crippen molar-refractivity contribution in [3.8, 4) is 23.8 Å². The molecule has 0 atom stereocenters. The van der Waals surface area contributed by atoms with Crippen molar-refractivity contribution >= 4 is 29.9 Å². The molecule has 0 aliphatic carbocycles. The fourth-order valence-corrected chi connectivity index (χ4v) is 2.05. The van der Waals surface area contributed by atoms with Crippen LogP contribution < -0.4 is 20.1 Å².